The van der Waals surface area contributed by atoms with Gasteiger partial charge >= 0.3 is 0 Å². The summed E-state index contributed by atoms with van der Waals surface area (Å²) < 4.78 is 0. The fraction of sp³-hybridized carbons (Fsp3) is 0.462. The second kappa shape index (κ2) is 5.67. The molecule has 19 heavy (non-hydrogen) atoms. The number of anilines is 1. The highest BCUT2D eigenvalue weighted by molar-refractivity contribution is 5.64. The van der Waals surface area contributed by atoms with Gasteiger partial charge in [0.25, 0.3) is 5.69 Å². The third-order valence-corrected chi connectivity index (χ3v) is 3.42. The summed E-state index contributed by atoms with van der Waals surface area (Å²) in [7, 11) is 0. The average Bonchev–Trinajstić information content (AvgIpc) is 2.82. The van der Waals surface area contributed by atoms with Gasteiger partial charge in [0.05, 0.1) is 22.7 Å². The van der Waals surface area contributed by atoms with E-state index in [0.29, 0.717) is 18.2 Å². The van der Waals surface area contributed by atoms with Crippen LogP contribution in [0, 0.1) is 27.4 Å². The van der Waals surface area contributed by atoms with E-state index in [4.69, 9.17) is 5.26 Å². The molecule has 1 aromatic carbocycles. The van der Waals surface area contributed by atoms with Gasteiger partial charge in [0, 0.05) is 12.6 Å². The molecule has 1 aromatic rings. The zero-order chi connectivity index (χ0) is 13.8. The predicted molar refractivity (Wildman–Crippen MR) is 69.6 cm³/mol. The van der Waals surface area contributed by atoms with E-state index < -0.39 is 4.92 Å². The topological polar surface area (TPSA) is 99.2 Å². The molecule has 2 N–H and O–H groups in total. The van der Waals surface area contributed by atoms with Crippen molar-refractivity contribution in [1.82, 2.24) is 0 Å². The summed E-state index contributed by atoms with van der Waals surface area (Å²) in [6, 6.07) is 6.27. The number of nitro benzene ring substituents is 1. The Morgan fingerprint density at radius 3 is 2.89 bits per heavy atom. The fourth-order valence-corrected chi connectivity index (χ4v) is 2.39. The van der Waals surface area contributed by atoms with Gasteiger partial charge in [0.2, 0.25) is 0 Å². The first-order chi connectivity index (χ1) is 9.10. The molecule has 6 nitrogen and oxygen atoms in total. The Kier molecular flexibility index (Phi) is 3.97. The van der Waals surface area contributed by atoms with Crippen LogP contribution in [0.2, 0.25) is 0 Å². The number of nitro groups is 1. The molecule has 1 fully saturated rings. The molecule has 1 aliphatic carbocycles. The highest BCUT2D eigenvalue weighted by atomic mass is 16.6. The molecular weight excluding hydrogens is 246 g/mol. The van der Waals surface area contributed by atoms with Crippen LogP contribution in [0.1, 0.15) is 24.8 Å². The van der Waals surface area contributed by atoms with Gasteiger partial charge in [-0.2, -0.15) is 5.26 Å². The molecular formula is C13H15N3O3. The van der Waals surface area contributed by atoms with Crippen molar-refractivity contribution >= 4 is 11.4 Å². The van der Waals surface area contributed by atoms with Gasteiger partial charge in [-0.3, -0.25) is 10.1 Å². The number of nitrogens with zero attached hydrogens (tertiary/aromatic N) is 2. The summed E-state index contributed by atoms with van der Waals surface area (Å²) in [4.78, 5) is 10.5. The van der Waals surface area contributed by atoms with Crippen LogP contribution >= 0.6 is 0 Å². The average molecular weight is 261 g/mol. The van der Waals surface area contributed by atoms with Crippen molar-refractivity contribution in [3.05, 3.63) is 33.9 Å². The maximum absolute atomic E-state index is 11.0. The van der Waals surface area contributed by atoms with Crippen molar-refractivity contribution < 1.29 is 10.0 Å². The van der Waals surface area contributed by atoms with Crippen LogP contribution in [0.25, 0.3) is 0 Å². The molecule has 2 rings (SSSR count). The lowest BCUT2D eigenvalue weighted by molar-refractivity contribution is -0.384. The number of aliphatic hydroxyl groups excluding tert-OH is 1. The Morgan fingerprint density at radius 2 is 2.32 bits per heavy atom. The largest absolute Gasteiger partial charge is 0.393 e. The van der Waals surface area contributed by atoms with Gasteiger partial charge < -0.3 is 10.4 Å². The number of rotatable bonds is 4. The molecule has 2 atom stereocenters. The minimum absolute atomic E-state index is 0.0856. The Hall–Kier alpha value is -2.13. The second-order valence-electron chi connectivity index (χ2n) is 4.81. The minimum Gasteiger partial charge on any atom is -0.393 e. The van der Waals surface area contributed by atoms with Crippen molar-refractivity contribution in [1.29, 1.82) is 5.26 Å². The molecule has 0 radical (unpaired) electrons. The van der Waals surface area contributed by atoms with Crippen molar-refractivity contribution in [2.75, 3.05) is 11.9 Å². The molecule has 0 bridgehead atoms. The van der Waals surface area contributed by atoms with Gasteiger partial charge in [-0.15, -0.1) is 0 Å². The van der Waals surface area contributed by atoms with E-state index in [1.807, 2.05) is 6.07 Å². The monoisotopic (exact) mass is 261 g/mol. The number of aliphatic hydroxyl groups is 1. The van der Waals surface area contributed by atoms with E-state index in [9.17, 15) is 15.2 Å². The van der Waals surface area contributed by atoms with E-state index in [-0.39, 0.29) is 17.4 Å². The summed E-state index contributed by atoms with van der Waals surface area (Å²) in [5.41, 5.74) is 0.608. The minimum atomic E-state index is -0.493. The highest BCUT2D eigenvalue weighted by Crippen LogP contribution is 2.29. The smallest absolute Gasteiger partial charge is 0.293 e. The molecule has 0 saturated heterocycles. The van der Waals surface area contributed by atoms with E-state index in [1.165, 1.54) is 6.07 Å². The predicted octanol–water partition coefficient (Wildman–Crippen LogP) is 2.04. The Morgan fingerprint density at radius 1 is 1.53 bits per heavy atom. The molecule has 0 aromatic heterocycles. The molecule has 100 valence electrons. The molecule has 1 aliphatic rings. The molecule has 0 aliphatic heterocycles. The van der Waals surface area contributed by atoms with Crippen LogP contribution in [0.4, 0.5) is 11.4 Å². The Labute approximate surface area is 110 Å². The van der Waals surface area contributed by atoms with E-state index in [2.05, 4.69) is 5.32 Å². The molecule has 2 unspecified atom stereocenters. The van der Waals surface area contributed by atoms with Gasteiger partial charge in [0.15, 0.2) is 0 Å². The first kappa shape index (κ1) is 13.3. The SMILES string of the molecule is N#Cc1ccc(NCC2CCC(O)C2)c([N+](=O)[O-])c1. The van der Waals surface area contributed by atoms with Crippen LogP contribution in [0.5, 0.6) is 0 Å². The zero-order valence-corrected chi connectivity index (χ0v) is 10.4. The zero-order valence-electron chi connectivity index (χ0n) is 10.4. The van der Waals surface area contributed by atoms with Crippen LogP contribution in [-0.4, -0.2) is 22.7 Å². The van der Waals surface area contributed by atoms with E-state index in [0.717, 1.165) is 19.3 Å². The van der Waals surface area contributed by atoms with Gasteiger partial charge in [0.1, 0.15) is 5.69 Å². The van der Waals surface area contributed by atoms with Crippen LogP contribution in [0.15, 0.2) is 18.2 Å². The van der Waals surface area contributed by atoms with Crippen LogP contribution in [0.3, 0.4) is 0 Å². The molecule has 6 heteroatoms. The lowest BCUT2D eigenvalue weighted by atomic mass is 10.1. The fourth-order valence-electron chi connectivity index (χ4n) is 2.39. The Balaban J connectivity index is 2.07. The van der Waals surface area contributed by atoms with E-state index >= 15 is 0 Å². The van der Waals surface area contributed by atoms with Gasteiger partial charge in [-0.25, -0.2) is 0 Å². The van der Waals surface area contributed by atoms with Gasteiger partial charge in [-0.05, 0) is 37.3 Å². The Bertz CT molecular complexity index is 524. The highest BCUT2D eigenvalue weighted by Gasteiger charge is 2.23. The summed E-state index contributed by atoms with van der Waals surface area (Å²) >= 11 is 0. The third-order valence-electron chi connectivity index (χ3n) is 3.42. The number of nitriles is 1. The molecule has 1 saturated carbocycles. The number of benzene rings is 1. The standard InChI is InChI=1S/C13H15N3O3/c14-7-9-2-4-12(13(6-9)16(18)19)15-8-10-1-3-11(17)5-10/h2,4,6,10-11,15,17H,1,3,5,8H2. The maximum atomic E-state index is 11.0. The number of nitrogens with one attached hydrogen (secondary N) is 1. The summed E-state index contributed by atoms with van der Waals surface area (Å²) in [5.74, 6) is 0.338. The lowest BCUT2D eigenvalue weighted by Gasteiger charge is -2.12. The maximum Gasteiger partial charge on any atom is 0.293 e. The normalized spacial score (nSPS) is 21.9. The number of hydrogen-bond donors (Lipinski definition) is 2. The first-order valence-corrected chi connectivity index (χ1v) is 6.20. The van der Waals surface area contributed by atoms with Gasteiger partial charge in [-0.1, -0.05) is 0 Å². The number of hydrogen-bond acceptors (Lipinski definition) is 5. The van der Waals surface area contributed by atoms with Crippen molar-refractivity contribution in [3.63, 3.8) is 0 Å². The summed E-state index contributed by atoms with van der Waals surface area (Å²) in [6.07, 6.45) is 2.21. The van der Waals surface area contributed by atoms with Crippen molar-refractivity contribution in [2.45, 2.75) is 25.4 Å². The third kappa shape index (κ3) is 3.20. The molecule has 0 spiro atoms. The lowest BCUT2D eigenvalue weighted by Crippen LogP contribution is -2.13. The van der Waals surface area contributed by atoms with Crippen molar-refractivity contribution in [3.8, 4) is 6.07 Å². The second-order valence-corrected chi connectivity index (χ2v) is 4.81. The van der Waals surface area contributed by atoms with Crippen LogP contribution in [-0.2, 0) is 0 Å². The molecule has 0 heterocycles. The summed E-state index contributed by atoms with van der Waals surface area (Å²) in [6.45, 7) is 0.601. The first-order valence-electron chi connectivity index (χ1n) is 6.20. The van der Waals surface area contributed by atoms with E-state index in [1.54, 1.807) is 12.1 Å². The molecule has 0 amide bonds. The van der Waals surface area contributed by atoms with Crippen molar-refractivity contribution in [2.24, 2.45) is 5.92 Å². The summed E-state index contributed by atoms with van der Waals surface area (Å²) in [5, 5.41) is 32.2. The quantitative estimate of drug-likeness (QED) is 0.638. The van der Waals surface area contributed by atoms with Crippen LogP contribution < -0.4 is 5.32 Å².